The minimum atomic E-state index is -0.0197. The molecule has 3 fully saturated rings. The lowest BCUT2D eigenvalue weighted by Crippen LogP contribution is -2.54. The van der Waals surface area contributed by atoms with E-state index < -0.39 is 0 Å². The highest BCUT2D eigenvalue weighted by atomic mass is 79.9. The van der Waals surface area contributed by atoms with Crippen LogP contribution in [0, 0.1) is 34.5 Å². The summed E-state index contributed by atoms with van der Waals surface area (Å²) in [4.78, 5) is 26.6. The van der Waals surface area contributed by atoms with Crippen LogP contribution in [0.15, 0.2) is 10.2 Å². The van der Waals surface area contributed by atoms with E-state index in [0.717, 1.165) is 38.5 Å². The molecule has 1 saturated heterocycles. The fourth-order valence-electron chi connectivity index (χ4n) is 7.21. The minimum absolute atomic E-state index is 0.0197. The second-order valence-corrected chi connectivity index (χ2v) is 10.4. The van der Waals surface area contributed by atoms with E-state index in [9.17, 15) is 9.59 Å². The normalized spacial score (nSPS) is 45.1. The Labute approximate surface area is 164 Å². The number of carbonyl (C=O) groups is 2. The van der Waals surface area contributed by atoms with Crippen LogP contribution < -0.4 is 0 Å². The van der Waals surface area contributed by atoms with E-state index in [2.05, 4.69) is 29.8 Å². The first kappa shape index (κ1) is 18.5. The van der Waals surface area contributed by atoms with Crippen molar-refractivity contribution < 1.29 is 14.3 Å². The Morgan fingerprint density at radius 1 is 1.19 bits per heavy atom. The molecule has 3 aliphatic carbocycles. The monoisotopic (exact) mass is 423 g/mol. The van der Waals surface area contributed by atoms with Gasteiger partial charge in [0.25, 0.3) is 0 Å². The number of nitrogens with zero attached hydrogens (tertiary/aromatic N) is 1. The van der Waals surface area contributed by atoms with Gasteiger partial charge in [0.2, 0.25) is 5.91 Å². The van der Waals surface area contributed by atoms with E-state index in [4.69, 9.17) is 4.74 Å². The van der Waals surface area contributed by atoms with Crippen molar-refractivity contribution in [2.75, 3.05) is 14.2 Å². The van der Waals surface area contributed by atoms with Crippen molar-refractivity contribution in [3.63, 3.8) is 0 Å². The summed E-state index contributed by atoms with van der Waals surface area (Å²) in [6, 6.07) is 0. The molecule has 0 aromatic heterocycles. The maximum Gasteiger partial charge on any atom is 0.309 e. The van der Waals surface area contributed by atoms with E-state index in [-0.39, 0.29) is 28.6 Å². The number of amides is 1. The smallest absolute Gasteiger partial charge is 0.309 e. The SMILES string of the molecule is COC(=O)[C@H]1CC[C@H]2[C@@H]3CC(Br)=C4N(C)C(=O)CC[C@]4(C)[C@H]3CC[C@]12C. The number of ether oxygens (including phenoxy) is 1. The first-order valence-electron chi connectivity index (χ1n) is 9.97. The number of methoxy groups -OCH3 is 1. The van der Waals surface area contributed by atoms with Gasteiger partial charge in [-0.1, -0.05) is 29.8 Å². The van der Waals surface area contributed by atoms with Crippen molar-refractivity contribution in [1.29, 1.82) is 0 Å². The van der Waals surface area contributed by atoms with Gasteiger partial charge in [-0.25, -0.2) is 0 Å². The van der Waals surface area contributed by atoms with Gasteiger partial charge in [-0.15, -0.1) is 0 Å². The average Bonchev–Trinajstić information content (AvgIpc) is 2.95. The van der Waals surface area contributed by atoms with Gasteiger partial charge in [0.15, 0.2) is 0 Å². The van der Waals surface area contributed by atoms with Crippen LogP contribution in [0.1, 0.15) is 58.8 Å². The van der Waals surface area contributed by atoms with Crippen LogP contribution in [-0.4, -0.2) is 30.9 Å². The summed E-state index contributed by atoms with van der Waals surface area (Å²) >= 11 is 3.86. The zero-order chi connectivity index (χ0) is 18.9. The molecule has 0 unspecified atom stereocenters. The van der Waals surface area contributed by atoms with Gasteiger partial charge < -0.3 is 9.64 Å². The van der Waals surface area contributed by atoms with Crippen LogP contribution in [-0.2, 0) is 14.3 Å². The number of rotatable bonds is 1. The molecule has 2 saturated carbocycles. The number of allylic oxidation sites excluding steroid dienone is 2. The van der Waals surface area contributed by atoms with Gasteiger partial charge >= 0.3 is 5.97 Å². The van der Waals surface area contributed by atoms with Crippen molar-refractivity contribution in [3.05, 3.63) is 10.2 Å². The van der Waals surface area contributed by atoms with Gasteiger partial charge in [-0.2, -0.15) is 0 Å². The molecule has 1 aliphatic heterocycles. The Morgan fingerprint density at radius 2 is 1.92 bits per heavy atom. The predicted molar refractivity (Wildman–Crippen MR) is 103 cm³/mol. The summed E-state index contributed by atoms with van der Waals surface area (Å²) < 4.78 is 6.35. The lowest BCUT2D eigenvalue weighted by molar-refractivity contribution is -0.153. The molecule has 0 aromatic carbocycles. The quantitative estimate of drug-likeness (QED) is 0.583. The molecule has 4 aliphatic rings. The lowest BCUT2D eigenvalue weighted by Gasteiger charge is -2.58. The van der Waals surface area contributed by atoms with E-state index >= 15 is 0 Å². The minimum Gasteiger partial charge on any atom is -0.469 e. The Balaban J connectivity index is 1.72. The Kier molecular flexibility index (Phi) is 4.33. The summed E-state index contributed by atoms with van der Waals surface area (Å²) in [5, 5.41) is 0. The van der Waals surface area contributed by atoms with Gasteiger partial charge in [0.05, 0.1) is 13.0 Å². The first-order valence-corrected chi connectivity index (χ1v) is 10.8. The number of carbonyl (C=O) groups excluding carboxylic acids is 2. The molecule has 0 aromatic rings. The van der Waals surface area contributed by atoms with E-state index in [1.54, 1.807) is 0 Å². The Hall–Kier alpha value is -0.840. The number of hydrogen-bond acceptors (Lipinski definition) is 3. The fraction of sp³-hybridized carbons (Fsp3) is 0.810. The van der Waals surface area contributed by atoms with Crippen molar-refractivity contribution in [2.45, 2.75) is 58.8 Å². The number of piperidine rings is 1. The van der Waals surface area contributed by atoms with Gasteiger partial charge in [-0.05, 0) is 61.7 Å². The molecule has 144 valence electrons. The molecular weight excluding hydrogens is 394 g/mol. The molecule has 0 radical (unpaired) electrons. The molecule has 4 nitrogen and oxygen atoms in total. The summed E-state index contributed by atoms with van der Waals surface area (Å²) in [7, 11) is 3.46. The predicted octanol–water partition coefficient (Wildman–Crippen LogP) is 4.49. The molecule has 1 heterocycles. The van der Waals surface area contributed by atoms with Crippen LogP contribution in [0.5, 0.6) is 0 Å². The third-order valence-electron chi connectivity index (χ3n) is 8.52. The number of halogens is 1. The van der Waals surface area contributed by atoms with Crippen LogP contribution in [0.3, 0.4) is 0 Å². The first-order chi connectivity index (χ1) is 12.2. The van der Waals surface area contributed by atoms with Crippen LogP contribution in [0.4, 0.5) is 0 Å². The number of fused-ring (bicyclic) bond motifs is 5. The molecule has 0 bridgehead atoms. The van der Waals surface area contributed by atoms with Gasteiger partial charge in [0.1, 0.15) is 0 Å². The zero-order valence-corrected chi connectivity index (χ0v) is 17.9. The topological polar surface area (TPSA) is 46.6 Å². The van der Waals surface area contributed by atoms with Crippen LogP contribution in [0.25, 0.3) is 0 Å². The molecule has 0 spiro atoms. The Morgan fingerprint density at radius 3 is 2.62 bits per heavy atom. The summed E-state index contributed by atoms with van der Waals surface area (Å²) in [5.41, 5.74) is 1.35. The molecule has 5 heteroatoms. The second kappa shape index (κ2) is 6.08. The molecule has 6 atom stereocenters. The van der Waals surface area contributed by atoms with Crippen LogP contribution in [0.2, 0.25) is 0 Å². The van der Waals surface area contributed by atoms with E-state index in [1.807, 2.05) is 11.9 Å². The second-order valence-electron chi connectivity index (χ2n) is 9.40. The highest BCUT2D eigenvalue weighted by Gasteiger charge is 2.61. The highest BCUT2D eigenvalue weighted by Crippen LogP contribution is 2.67. The molecule has 0 N–H and O–H groups in total. The van der Waals surface area contributed by atoms with Gasteiger partial charge in [-0.3, -0.25) is 9.59 Å². The third-order valence-corrected chi connectivity index (χ3v) is 9.22. The van der Waals surface area contributed by atoms with Crippen molar-refractivity contribution in [2.24, 2.45) is 34.5 Å². The average molecular weight is 424 g/mol. The fourth-order valence-corrected chi connectivity index (χ4v) is 8.30. The standard InChI is InChI=1S/C21H30BrNO3/c1-20-9-7-14-12(13(20)5-6-15(20)19(25)26-4)11-16(22)18-21(14,2)10-8-17(24)23(18)3/h12-15H,5-11H2,1-4H3/t12-,13-,14-,15+,20-,21+/m0/s1. The highest BCUT2D eigenvalue weighted by molar-refractivity contribution is 9.11. The molecule has 4 rings (SSSR count). The third kappa shape index (κ3) is 2.31. The van der Waals surface area contributed by atoms with Crippen molar-refractivity contribution >= 4 is 27.8 Å². The summed E-state index contributed by atoms with van der Waals surface area (Å²) in [5.74, 6) is 2.02. The zero-order valence-electron chi connectivity index (χ0n) is 16.3. The molecule has 26 heavy (non-hydrogen) atoms. The molecule has 1 amide bonds. The number of esters is 1. The largest absolute Gasteiger partial charge is 0.469 e. The van der Waals surface area contributed by atoms with Gasteiger partial charge in [0, 0.05) is 29.1 Å². The van der Waals surface area contributed by atoms with Crippen LogP contribution >= 0.6 is 15.9 Å². The van der Waals surface area contributed by atoms with E-state index in [1.165, 1.54) is 17.3 Å². The maximum atomic E-state index is 12.4. The number of likely N-dealkylation sites (tertiary alicyclic amines) is 1. The summed E-state index contributed by atoms with van der Waals surface area (Å²) in [6.45, 7) is 4.70. The maximum absolute atomic E-state index is 12.4. The van der Waals surface area contributed by atoms with Crippen molar-refractivity contribution in [3.8, 4) is 0 Å². The van der Waals surface area contributed by atoms with E-state index in [0.29, 0.717) is 24.2 Å². The summed E-state index contributed by atoms with van der Waals surface area (Å²) in [6.07, 6.45) is 6.92. The lowest BCUT2D eigenvalue weighted by atomic mass is 9.49. The van der Waals surface area contributed by atoms with Crippen molar-refractivity contribution in [1.82, 2.24) is 4.90 Å². The molecular formula is C21H30BrNO3. The number of hydrogen-bond donors (Lipinski definition) is 0. The Bertz CT molecular complexity index is 689.